The van der Waals surface area contributed by atoms with Gasteiger partial charge in [0.2, 0.25) is 0 Å². The monoisotopic (exact) mass is 373 g/mol. The van der Waals surface area contributed by atoms with Gasteiger partial charge in [0.15, 0.2) is 9.84 Å². The Labute approximate surface area is 143 Å². The molecule has 1 unspecified atom stereocenters. The Morgan fingerprint density at radius 1 is 1.52 bits per heavy atom. The van der Waals surface area contributed by atoms with Crippen molar-refractivity contribution in [1.82, 2.24) is 14.7 Å². The summed E-state index contributed by atoms with van der Waals surface area (Å²) in [6, 6.07) is 1.14. The molecule has 1 atom stereocenters. The van der Waals surface area contributed by atoms with Gasteiger partial charge in [-0.05, 0) is 18.4 Å². The lowest BCUT2D eigenvalue weighted by Crippen LogP contribution is -2.46. The molecule has 3 heterocycles. The molecule has 1 fully saturated rings. The Kier molecular flexibility index (Phi) is 4.48. The molecule has 1 amide bonds. The van der Waals surface area contributed by atoms with E-state index in [0.29, 0.717) is 16.4 Å². The van der Waals surface area contributed by atoms with Crippen molar-refractivity contribution in [3.8, 4) is 0 Å². The van der Waals surface area contributed by atoms with Crippen LogP contribution in [0.5, 0.6) is 0 Å². The maximum atomic E-state index is 12.8. The summed E-state index contributed by atoms with van der Waals surface area (Å²) in [7, 11) is -3.18. The molecule has 1 aliphatic heterocycles. The summed E-state index contributed by atoms with van der Waals surface area (Å²) in [5, 5.41) is 6.34. The summed E-state index contributed by atoms with van der Waals surface area (Å²) in [5.74, 6) is -0.341. The average molecular weight is 374 g/mol. The topological polar surface area (TPSA) is 72.3 Å². The molecule has 6 nitrogen and oxygen atoms in total. The van der Waals surface area contributed by atoms with Crippen molar-refractivity contribution >= 4 is 38.7 Å². The molecule has 0 spiro atoms. The van der Waals surface area contributed by atoms with Crippen LogP contribution in [0.3, 0.4) is 0 Å². The van der Waals surface area contributed by atoms with Crippen molar-refractivity contribution in [3.05, 3.63) is 39.3 Å². The predicted octanol–water partition coefficient (Wildman–Crippen LogP) is 2.23. The van der Waals surface area contributed by atoms with Crippen molar-refractivity contribution in [2.75, 3.05) is 18.1 Å². The van der Waals surface area contributed by atoms with Gasteiger partial charge in [0.1, 0.15) is 4.88 Å². The zero-order valence-corrected chi connectivity index (χ0v) is 14.9. The van der Waals surface area contributed by atoms with E-state index in [4.69, 9.17) is 11.6 Å². The summed E-state index contributed by atoms with van der Waals surface area (Å²) in [6.07, 6.45) is 3.42. The number of carbonyl (C=O) groups excluding carboxylic acids is 1. The molecule has 1 saturated heterocycles. The molecule has 9 heteroatoms. The van der Waals surface area contributed by atoms with Gasteiger partial charge >= 0.3 is 0 Å². The second kappa shape index (κ2) is 6.26. The van der Waals surface area contributed by atoms with Crippen molar-refractivity contribution in [1.29, 1.82) is 0 Å². The summed E-state index contributed by atoms with van der Waals surface area (Å²) in [6.45, 7) is 2.80. The van der Waals surface area contributed by atoms with E-state index in [1.165, 1.54) is 11.3 Å². The van der Waals surface area contributed by atoms with E-state index < -0.39 is 15.9 Å². The molecule has 2 aromatic rings. The van der Waals surface area contributed by atoms with Gasteiger partial charge in [-0.1, -0.05) is 11.6 Å². The number of halogens is 1. The quantitative estimate of drug-likeness (QED) is 0.827. The standard InChI is InChI=1S/C14H16ClN3O3S2/c1-2-17-8-10(7-16-17)12-9-23(20,21)6-4-18(12)14(19)13-11(15)3-5-22-13/h3,5,7-8,12H,2,4,6,9H2,1H3. The van der Waals surface area contributed by atoms with Gasteiger partial charge < -0.3 is 4.90 Å². The summed E-state index contributed by atoms with van der Waals surface area (Å²) >= 11 is 7.32. The Hall–Kier alpha value is -1.38. The lowest BCUT2D eigenvalue weighted by atomic mass is 10.1. The number of hydrogen-bond donors (Lipinski definition) is 0. The fraction of sp³-hybridized carbons (Fsp3) is 0.429. The highest BCUT2D eigenvalue weighted by Crippen LogP contribution is 2.31. The Morgan fingerprint density at radius 3 is 2.91 bits per heavy atom. The molecule has 3 rings (SSSR count). The van der Waals surface area contributed by atoms with Gasteiger partial charge in [-0.2, -0.15) is 5.10 Å². The molecule has 0 N–H and O–H groups in total. The number of nitrogens with zero attached hydrogens (tertiary/aromatic N) is 3. The fourth-order valence-electron chi connectivity index (χ4n) is 2.63. The van der Waals surface area contributed by atoms with Gasteiger partial charge in [-0.15, -0.1) is 11.3 Å². The number of hydrogen-bond acceptors (Lipinski definition) is 5. The van der Waals surface area contributed by atoms with Crippen LogP contribution in [-0.4, -0.2) is 47.1 Å². The average Bonchev–Trinajstić information content (AvgIpc) is 3.14. The zero-order chi connectivity index (χ0) is 16.6. The van der Waals surface area contributed by atoms with Crippen LogP contribution >= 0.6 is 22.9 Å². The minimum absolute atomic E-state index is 0.0276. The molecular weight excluding hydrogens is 358 g/mol. The van der Waals surface area contributed by atoms with Gasteiger partial charge in [0.25, 0.3) is 5.91 Å². The van der Waals surface area contributed by atoms with Gasteiger partial charge in [0.05, 0.1) is 28.8 Å². The number of amides is 1. The molecule has 0 aliphatic carbocycles. The highest BCUT2D eigenvalue weighted by molar-refractivity contribution is 7.91. The van der Waals surface area contributed by atoms with Gasteiger partial charge in [-0.25, -0.2) is 8.42 Å². The van der Waals surface area contributed by atoms with Crippen LogP contribution in [0, 0.1) is 0 Å². The van der Waals surface area contributed by atoms with Crippen LogP contribution in [-0.2, 0) is 16.4 Å². The second-order valence-corrected chi connectivity index (χ2v) is 8.91. The van der Waals surface area contributed by atoms with E-state index in [1.807, 2.05) is 6.92 Å². The molecule has 1 aliphatic rings. The highest BCUT2D eigenvalue weighted by Gasteiger charge is 2.37. The lowest BCUT2D eigenvalue weighted by Gasteiger charge is -2.34. The maximum Gasteiger partial charge on any atom is 0.266 e. The van der Waals surface area contributed by atoms with Crippen LogP contribution in [0.15, 0.2) is 23.8 Å². The first-order valence-corrected chi connectivity index (χ1v) is 10.3. The van der Waals surface area contributed by atoms with E-state index in [2.05, 4.69) is 5.10 Å². The van der Waals surface area contributed by atoms with Crippen molar-refractivity contribution in [3.63, 3.8) is 0 Å². The Morgan fingerprint density at radius 2 is 2.30 bits per heavy atom. The molecule has 0 bridgehead atoms. The first-order valence-electron chi connectivity index (χ1n) is 7.18. The molecular formula is C14H16ClN3O3S2. The van der Waals surface area contributed by atoms with Crippen LogP contribution in [0.1, 0.15) is 28.2 Å². The van der Waals surface area contributed by atoms with Gasteiger partial charge in [-0.3, -0.25) is 9.48 Å². The van der Waals surface area contributed by atoms with E-state index in [0.717, 1.165) is 5.56 Å². The fourth-order valence-corrected chi connectivity index (χ4v) is 5.21. The predicted molar refractivity (Wildman–Crippen MR) is 89.7 cm³/mol. The van der Waals surface area contributed by atoms with Crippen LogP contribution in [0.4, 0.5) is 0 Å². The third-order valence-electron chi connectivity index (χ3n) is 3.87. The van der Waals surface area contributed by atoms with Gasteiger partial charge in [0, 0.05) is 24.8 Å². The molecule has 124 valence electrons. The molecule has 2 aromatic heterocycles. The normalized spacial score (nSPS) is 20.6. The third-order valence-corrected chi connectivity index (χ3v) is 6.82. The van der Waals surface area contributed by atoms with E-state index in [9.17, 15) is 13.2 Å². The third kappa shape index (κ3) is 3.29. The molecule has 23 heavy (non-hydrogen) atoms. The highest BCUT2D eigenvalue weighted by atomic mass is 35.5. The summed E-state index contributed by atoms with van der Waals surface area (Å²) in [4.78, 5) is 14.8. The number of sulfone groups is 1. The van der Waals surface area contributed by atoms with Crippen LogP contribution in [0.25, 0.3) is 0 Å². The second-order valence-electron chi connectivity index (χ2n) is 5.36. The maximum absolute atomic E-state index is 12.8. The van der Waals surface area contributed by atoms with Crippen molar-refractivity contribution < 1.29 is 13.2 Å². The SMILES string of the molecule is CCn1cc(C2CS(=O)(=O)CCN2C(=O)c2sccc2Cl)cn1. The number of aryl methyl sites for hydroxylation is 1. The molecule has 0 aromatic carbocycles. The number of carbonyl (C=O) groups is 1. The number of rotatable bonds is 3. The minimum Gasteiger partial charge on any atom is -0.329 e. The molecule has 0 radical (unpaired) electrons. The van der Waals surface area contributed by atoms with E-state index in [1.54, 1.807) is 33.4 Å². The summed E-state index contributed by atoms with van der Waals surface area (Å²) in [5.41, 5.74) is 0.733. The minimum atomic E-state index is -3.18. The lowest BCUT2D eigenvalue weighted by molar-refractivity contribution is 0.0702. The summed E-state index contributed by atoms with van der Waals surface area (Å²) < 4.78 is 25.8. The van der Waals surface area contributed by atoms with E-state index in [-0.39, 0.29) is 24.0 Å². The first-order chi connectivity index (χ1) is 10.9. The molecule has 0 saturated carbocycles. The Balaban J connectivity index is 1.96. The van der Waals surface area contributed by atoms with Crippen LogP contribution in [0.2, 0.25) is 5.02 Å². The number of thiophene rings is 1. The van der Waals surface area contributed by atoms with Crippen molar-refractivity contribution in [2.24, 2.45) is 0 Å². The largest absolute Gasteiger partial charge is 0.329 e. The number of aromatic nitrogens is 2. The van der Waals surface area contributed by atoms with Crippen molar-refractivity contribution in [2.45, 2.75) is 19.5 Å². The van der Waals surface area contributed by atoms with E-state index >= 15 is 0 Å². The van der Waals surface area contributed by atoms with Crippen LogP contribution < -0.4 is 0 Å². The smallest absolute Gasteiger partial charge is 0.266 e. The first kappa shape index (κ1) is 16.5. The zero-order valence-electron chi connectivity index (χ0n) is 12.5. The Bertz CT molecular complexity index is 828.